The molecule has 4 nitrogen and oxygen atoms in total. The minimum Gasteiger partial charge on any atom is -0.481 e. The first-order chi connectivity index (χ1) is 9.31. The first-order valence-corrected chi connectivity index (χ1v) is 7.09. The van der Waals surface area contributed by atoms with E-state index in [-0.39, 0.29) is 0 Å². The number of pyridine rings is 1. The number of nitrogens with zero attached hydrogens (tertiary/aromatic N) is 1. The fraction of sp³-hybridized carbons (Fsp3) is 0.667. The number of hydrogen-bond donors (Lipinski definition) is 1. The first kappa shape index (κ1) is 14.3. The molecule has 2 atom stereocenters. The summed E-state index contributed by atoms with van der Waals surface area (Å²) in [6.45, 7) is 0.942. The molecule has 2 heterocycles. The van der Waals surface area contributed by atoms with Gasteiger partial charge in [-0.1, -0.05) is 6.07 Å². The summed E-state index contributed by atoms with van der Waals surface area (Å²) in [5.74, 6) is 0.670. The van der Waals surface area contributed by atoms with Crippen LogP contribution < -0.4 is 10.1 Å². The molecule has 0 bridgehead atoms. The Bertz CT molecular complexity index is 361. The molecule has 19 heavy (non-hydrogen) atoms. The van der Waals surface area contributed by atoms with E-state index in [4.69, 9.17) is 9.47 Å². The van der Waals surface area contributed by atoms with Gasteiger partial charge in [0.25, 0.3) is 0 Å². The summed E-state index contributed by atoms with van der Waals surface area (Å²) < 4.78 is 10.7. The summed E-state index contributed by atoms with van der Waals surface area (Å²) in [6, 6.07) is 4.49. The van der Waals surface area contributed by atoms with Crippen LogP contribution >= 0.6 is 0 Å². The number of hydrogen-bond acceptors (Lipinski definition) is 4. The minimum atomic E-state index is 0.477. The Kier molecular flexibility index (Phi) is 5.61. The second-order valence-electron chi connectivity index (χ2n) is 5.11. The Morgan fingerprint density at radius 2 is 2.42 bits per heavy atom. The van der Waals surface area contributed by atoms with E-state index in [0.717, 1.165) is 25.9 Å². The first-order valence-electron chi connectivity index (χ1n) is 7.09. The zero-order valence-corrected chi connectivity index (χ0v) is 11.9. The van der Waals surface area contributed by atoms with E-state index >= 15 is 0 Å². The van der Waals surface area contributed by atoms with Crippen molar-refractivity contribution in [1.82, 2.24) is 10.3 Å². The molecule has 0 aliphatic carbocycles. The predicted molar refractivity (Wildman–Crippen MR) is 75.5 cm³/mol. The molecule has 4 heteroatoms. The molecule has 0 spiro atoms. The predicted octanol–water partition coefficient (Wildman–Crippen LogP) is 2.18. The van der Waals surface area contributed by atoms with E-state index in [2.05, 4.69) is 16.4 Å². The quantitative estimate of drug-likeness (QED) is 0.820. The van der Waals surface area contributed by atoms with Gasteiger partial charge >= 0.3 is 0 Å². The van der Waals surface area contributed by atoms with Crippen molar-refractivity contribution in [3.8, 4) is 5.88 Å². The molecular weight excluding hydrogens is 240 g/mol. The van der Waals surface area contributed by atoms with Crippen LogP contribution in [-0.4, -0.2) is 37.9 Å². The smallest absolute Gasteiger partial charge is 0.212 e. The van der Waals surface area contributed by atoms with Crippen molar-refractivity contribution in [1.29, 1.82) is 0 Å². The third kappa shape index (κ3) is 4.48. The van der Waals surface area contributed by atoms with Crippen molar-refractivity contribution >= 4 is 0 Å². The number of methoxy groups -OCH3 is 1. The second kappa shape index (κ2) is 7.46. The third-order valence-electron chi connectivity index (χ3n) is 3.76. The lowest BCUT2D eigenvalue weighted by Crippen LogP contribution is -2.28. The molecular formula is C15H24N2O2. The summed E-state index contributed by atoms with van der Waals surface area (Å²) in [5.41, 5.74) is 1.24. The van der Waals surface area contributed by atoms with Gasteiger partial charge in [0, 0.05) is 24.9 Å². The zero-order valence-electron chi connectivity index (χ0n) is 11.9. The summed E-state index contributed by atoms with van der Waals surface area (Å²) in [6.07, 6.45) is 8.11. The SMILES string of the molecule is CNC(CCC1CCCO1)Cc1ccc(OC)nc1. The van der Waals surface area contributed by atoms with E-state index < -0.39 is 0 Å². The number of aromatic nitrogens is 1. The van der Waals surface area contributed by atoms with Crippen molar-refractivity contribution in [2.45, 2.75) is 44.2 Å². The highest BCUT2D eigenvalue weighted by Gasteiger charge is 2.17. The molecule has 0 radical (unpaired) electrons. The highest BCUT2D eigenvalue weighted by molar-refractivity contribution is 5.18. The molecule has 0 aromatic carbocycles. The van der Waals surface area contributed by atoms with Gasteiger partial charge in [-0.25, -0.2) is 4.98 Å². The minimum absolute atomic E-state index is 0.477. The number of ether oxygens (including phenoxy) is 2. The van der Waals surface area contributed by atoms with Crippen molar-refractivity contribution in [3.05, 3.63) is 23.9 Å². The fourth-order valence-corrected chi connectivity index (χ4v) is 2.54. The highest BCUT2D eigenvalue weighted by atomic mass is 16.5. The summed E-state index contributed by atoms with van der Waals surface area (Å²) >= 11 is 0. The van der Waals surface area contributed by atoms with Gasteiger partial charge in [-0.05, 0) is 44.7 Å². The lowest BCUT2D eigenvalue weighted by Gasteiger charge is -2.18. The topological polar surface area (TPSA) is 43.4 Å². The van der Waals surface area contributed by atoms with Crippen LogP contribution in [0.2, 0.25) is 0 Å². The van der Waals surface area contributed by atoms with Crippen LogP contribution in [0.3, 0.4) is 0 Å². The Morgan fingerprint density at radius 1 is 1.53 bits per heavy atom. The Balaban J connectivity index is 1.79. The number of rotatable bonds is 7. The molecule has 2 unspecified atom stereocenters. The molecule has 1 fully saturated rings. The van der Waals surface area contributed by atoms with Gasteiger partial charge in [0.2, 0.25) is 5.88 Å². The van der Waals surface area contributed by atoms with Crippen LogP contribution in [0.5, 0.6) is 5.88 Å². The summed E-state index contributed by atoms with van der Waals surface area (Å²) in [7, 11) is 3.66. The van der Waals surface area contributed by atoms with E-state index in [1.165, 1.54) is 18.4 Å². The lowest BCUT2D eigenvalue weighted by atomic mass is 10.0. The van der Waals surface area contributed by atoms with Crippen LogP contribution in [0.1, 0.15) is 31.2 Å². The standard InChI is InChI=1S/C15H24N2O2/c1-16-13(6-7-14-4-3-9-19-14)10-12-5-8-15(18-2)17-11-12/h5,8,11,13-14,16H,3-4,6-7,9-10H2,1-2H3. The van der Waals surface area contributed by atoms with Crippen molar-refractivity contribution in [2.24, 2.45) is 0 Å². The molecule has 0 amide bonds. The zero-order chi connectivity index (χ0) is 13.5. The lowest BCUT2D eigenvalue weighted by molar-refractivity contribution is 0.0998. The van der Waals surface area contributed by atoms with Crippen LogP contribution in [-0.2, 0) is 11.2 Å². The van der Waals surface area contributed by atoms with Gasteiger partial charge < -0.3 is 14.8 Å². The normalized spacial score (nSPS) is 20.4. The number of likely N-dealkylation sites (N-methyl/N-ethyl adjacent to an activating group) is 1. The molecule has 1 saturated heterocycles. The van der Waals surface area contributed by atoms with Gasteiger partial charge in [0.1, 0.15) is 0 Å². The van der Waals surface area contributed by atoms with E-state index in [9.17, 15) is 0 Å². The Morgan fingerprint density at radius 3 is 3.00 bits per heavy atom. The molecule has 0 saturated carbocycles. The fourth-order valence-electron chi connectivity index (χ4n) is 2.54. The van der Waals surface area contributed by atoms with Crippen molar-refractivity contribution in [3.63, 3.8) is 0 Å². The molecule has 106 valence electrons. The average molecular weight is 264 g/mol. The van der Waals surface area contributed by atoms with Gasteiger partial charge in [-0.2, -0.15) is 0 Å². The average Bonchev–Trinajstić information content (AvgIpc) is 2.97. The van der Waals surface area contributed by atoms with Crippen LogP contribution in [0, 0.1) is 0 Å². The second-order valence-corrected chi connectivity index (χ2v) is 5.11. The van der Waals surface area contributed by atoms with E-state index in [1.54, 1.807) is 7.11 Å². The molecule has 1 aliphatic rings. The Labute approximate surface area is 115 Å². The van der Waals surface area contributed by atoms with Gasteiger partial charge in [0.05, 0.1) is 13.2 Å². The monoisotopic (exact) mass is 264 g/mol. The van der Waals surface area contributed by atoms with Crippen LogP contribution in [0.15, 0.2) is 18.3 Å². The maximum atomic E-state index is 5.67. The molecule has 2 rings (SSSR count). The van der Waals surface area contributed by atoms with Gasteiger partial charge in [0.15, 0.2) is 0 Å². The maximum Gasteiger partial charge on any atom is 0.212 e. The largest absolute Gasteiger partial charge is 0.481 e. The number of nitrogens with one attached hydrogen (secondary N) is 1. The van der Waals surface area contributed by atoms with E-state index in [1.807, 2.05) is 19.3 Å². The Hall–Kier alpha value is -1.13. The third-order valence-corrected chi connectivity index (χ3v) is 3.76. The summed E-state index contributed by atoms with van der Waals surface area (Å²) in [5, 5.41) is 3.39. The molecule has 1 aliphatic heterocycles. The molecule has 1 aromatic rings. The van der Waals surface area contributed by atoms with Crippen LogP contribution in [0.4, 0.5) is 0 Å². The summed E-state index contributed by atoms with van der Waals surface area (Å²) in [4.78, 5) is 4.25. The van der Waals surface area contributed by atoms with E-state index in [0.29, 0.717) is 18.0 Å². The highest BCUT2D eigenvalue weighted by Crippen LogP contribution is 2.19. The van der Waals surface area contributed by atoms with Crippen LogP contribution in [0.25, 0.3) is 0 Å². The van der Waals surface area contributed by atoms with Gasteiger partial charge in [-0.3, -0.25) is 0 Å². The molecule has 1 aromatic heterocycles. The molecule has 1 N–H and O–H groups in total. The van der Waals surface area contributed by atoms with Crippen molar-refractivity contribution in [2.75, 3.05) is 20.8 Å². The van der Waals surface area contributed by atoms with Gasteiger partial charge in [-0.15, -0.1) is 0 Å². The maximum absolute atomic E-state index is 5.67. The van der Waals surface area contributed by atoms with Crippen molar-refractivity contribution < 1.29 is 9.47 Å².